The first kappa shape index (κ1) is 10.8. The van der Waals surface area contributed by atoms with Crippen molar-refractivity contribution in [3.05, 3.63) is 29.3 Å². The standard InChI is InChI=1S/C12H17N3O/c1-8-4-5-10(16-3)9(6-8)12(2)7-14-11(13)15-12/h4-6H,7H2,1-3H3,(H3,13,14,15). The molecule has 4 heteroatoms. The van der Waals surface area contributed by atoms with Crippen molar-refractivity contribution < 1.29 is 4.74 Å². The number of guanidine groups is 1. The van der Waals surface area contributed by atoms with Gasteiger partial charge >= 0.3 is 0 Å². The van der Waals surface area contributed by atoms with Gasteiger partial charge in [0.15, 0.2) is 5.96 Å². The molecule has 0 bridgehead atoms. The Morgan fingerprint density at radius 3 is 2.81 bits per heavy atom. The van der Waals surface area contributed by atoms with E-state index in [-0.39, 0.29) is 5.54 Å². The highest BCUT2D eigenvalue weighted by atomic mass is 16.5. The number of nitrogens with two attached hydrogens (primary N) is 1. The third kappa shape index (κ3) is 1.71. The monoisotopic (exact) mass is 219 g/mol. The topological polar surface area (TPSA) is 59.6 Å². The van der Waals surface area contributed by atoms with E-state index in [2.05, 4.69) is 30.2 Å². The zero-order valence-corrected chi connectivity index (χ0v) is 9.87. The van der Waals surface area contributed by atoms with Gasteiger partial charge in [0.05, 0.1) is 19.2 Å². The molecule has 16 heavy (non-hydrogen) atoms. The maximum atomic E-state index is 5.68. The van der Waals surface area contributed by atoms with Gasteiger partial charge < -0.3 is 15.8 Å². The van der Waals surface area contributed by atoms with Crippen molar-refractivity contribution in [1.29, 1.82) is 0 Å². The molecule has 1 aliphatic heterocycles. The largest absolute Gasteiger partial charge is 0.496 e. The number of ether oxygens (including phenoxy) is 1. The minimum absolute atomic E-state index is 0.262. The van der Waals surface area contributed by atoms with Crippen LogP contribution in [-0.4, -0.2) is 19.6 Å². The first-order valence-electron chi connectivity index (χ1n) is 5.28. The fourth-order valence-electron chi connectivity index (χ4n) is 2.01. The Morgan fingerprint density at radius 2 is 2.25 bits per heavy atom. The van der Waals surface area contributed by atoms with Crippen LogP contribution in [0.2, 0.25) is 0 Å². The molecule has 0 saturated carbocycles. The second kappa shape index (κ2) is 3.70. The molecule has 1 atom stereocenters. The first-order chi connectivity index (χ1) is 7.55. The van der Waals surface area contributed by atoms with Crippen molar-refractivity contribution >= 4 is 5.96 Å². The number of rotatable bonds is 2. The van der Waals surface area contributed by atoms with E-state index in [0.717, 1.165) is 11.3 Å². The lowest BCUT2D eigenvalue weighted by molar-refractivity contribution is 0.384. The van der Waals surface area contributed by atoms with Crippen molar-refractivity contribution in [1.82, 2.24) is 5.32 Å². The summed E-state index contributed by atoms with van der Waals surface area (Å²) in [5.41, 5.74) is 7.71. The van der Waals surface area contributed by atoms with Crippen LogP contribution in [-0.2, 0) is 5.54 Å². The molecular weight excluding hydrogens is 202 g/mol. The molecule has 0 spiro atoms. The predicted octanol–water partition coefficient (Wildman–Crippen LogP) is 1.14. The van der Waals surface area contributed by atoms with Gasteiger partial charge in [0.1, 0.15) is 5.75 Å². The van der Waals surface area contributed by atoms with Gasteiger partial charge in [-0.3, -0.25) is 4.99 Å². The Labute approximate surface area is 95.5 Å². The third-order valence-corrected chi connectivity index (χ3v) is 2.92. The molecule has 0 amide bonds. The number of aliphatic imine (C=N–C) groups is 1. The smallest absolute Gasteiger partial charge is 0.189 e. The predicted molar refractivity (Wildman–Crippen MR) is 64.7 cm³/mol. The molecule has 2 rings (SSSR count). The fraction of sp³-hybridized carbons (Fsp3) is 0.417. The second-order valence-electron chi connectivity index (χ2n) is 4.36. The van der Waals surface area contributed by atoms with Crippen LogP contribution in [0.4, 0.5) is 0 Å². The number of hydrogen-bond donors (Lipinski definition) is 2. The molecule has 0 fully saturated rings. The van der Waals surface area contributed by atoms with Crippen molar-refractivity contribution in [3.63, 3.8) is 0 Å². The Bertz CT molecular complexity index is 442. The molecule has 0 aliphatic carbocycles. The van der Waals surface area contributed by atoms with E-state index >= 15 is 0 Å². The molecule has 3 N–H and O–H groups in total. The van der Waals surface area contributed by atoms with Crippen molar-refractivity contribution in [2.75, 3.05) is 13.7 Å². The SMILES string of the molecule is COc1ccc(C)cc1C1(C)CN=C(N)N1. The van der Waals surface area contributed by atoms with E-state index in [1.54, 1.807) is 7.11 Å². The lowest BCUT2D eigenvalue weighted by Gasteiger charge is -2.27. The molecule has 86 valence electrons. The average molecular weight is 219 g/mol. The number of aryl methyl sites for hydroxylation is 1. The van der Waals surface area contributed by atoms with Crippen molar-refractivity contribution in [2.45, 2.75) is 19.4 Å². The summed E-state index contributed by atoms with van der Waals surface area (Å²) in [7, 11) is 1.68. The third-order valence-electron chi connectivity index (χ3n) is 2.92. The molecule has 0 aromatic heterocycles. The van der Waals surface area contributed by atoms with E-state index in [1.807, 2.05) is 12.1 Å². The maximum absolute atomic E-state index is 5.68. The quantitative estimate of drug-likeness (QED) is 0.784. The molecular formula is C12H17N3O. The summed E-state index contributed by atoms with van der Waals surface area (Å²) >= 11 is 0. The highest BCUT2D eigenvalue weighted by Crippen LogP contribution is 2.32. The number of nitrogens with one attached hydrogen (secondary N) is 1. The molecule has 0 radical (unpaired) electrons. The van der Waals surface area contributed by atoms with E-state index < -0.39 is 0 Å². The van der Waals surface area contributed by atoms with Crippen LogP contribution in [0.1, 0.15) is 18.1 Å². The lowest BCUT2D eigenvalue weighted by atomic mass is 9.91. The molecule has 4 nitrogen and oxygen atoms in total. The highest BCUT2D eigenvalue weighted by Gasteiger charge is 2.33. The zero-order chi connectivity index (χ0) is 11.8. The number of benzene rings is 1. The summed E-state index contributed by atoms with van der Waals surface area (Å²) in [6.07, 6.45) is 0. The van der Waals surface area contributed by atoms with Crippen LogP contribution in [0, 0.1) is 6.92 Å². The average Bonchev–Trinajstić information content (AvgIpc) is 2.60. The van der Waals surface area contributed by atoms with E-state index in [1.165, 1.54) is 5.56 Å². The molecule has 1 aliphatic rings. The van der Waals surface area contributed by atoms with E-state index in [0.29, 0.717) is 12.5 Å². The summed E-state index contributed by atoms with van der Waals surface area (Å²) in [4.78, 5) is 4.20. The maximum Gasteiger partial charge on any atom is 0.189 e. The number of hydrogen-bond acceptors (Lipinski definition) is 4. The Morgan fingerprint density at radius 1 is 1.50 bits per heavy atom. The van der Waals surface area contributed by atoms with Crippen LogP contribution in [0.15, 0.2) is 23.2 Å². The molecule has 1 heterocycles. The van der Waals surface area contributed by atoms with Gasteiger partial charge in [-0.1, -0.05) is 11.6 Å². The van der Waals surface area contributed by atoms with Gasteiger partial charge in [0.25, 0.3) is 0 Å². The van der Waals surface area contributed by atoms with E-state index in [9.17, 15) is 0 Å². The van der Waals surface area contributed by atoms with Gasteiger partial charge in [-0.2, -0.15) is 0 Å². The summed E-state index contributed by atoms with van der Waals surface area (Å²) in [6, 6.07) is 6.12. The molecule has 0 saturated heterocycles. The Balaban J connectivity index is 2.43. The normalized spacial score (nSPS) is 23.8. The van der Waals surface area contributed by atoms with Gasteiger partial charge in [0, 0.05) is 5.56 Å². The minimum Gasteiger partial charge on any atom is -0.496 e. The van der Waals surface area contributed by atoms with Crippen LogP contribution < -0.4 is 15.8 Å². The number of nitrogens with zero attached hydrogens (tertiary/aromatic N) is 1. The zero-order valence-electron chi connectivity index (χ0n) is 9.87. The van der Waals surface area contributed by atoms with Crippen molar-refractivity contribution in [2.24, 2.45) is 10.7 Å². The Hall–Kier alpha value is -1.71. The van der Waals surface area contributed by atoms with Crippen molar-refractivity contribution in [3.8, 4) is 5.75 Å². The number of methoxy groups -OCH3 is 1. The van der Waals surface area contributed by atoms with Gasteiger partial charge in [-0.05, 0) is 26.0 Å². The lowest BCUT2D eigenvalue weighted by Crippen LogP contribution is -2.43. The summed E-state index contributed by atoms with van der Waals surface area (Å²) in [6.45, 7) is 4.78. The summed E-state index contributed by atoms with van der Waals surface area (Å²) in [5, 5.41) is 3.20. The first-order valence-corrected chi connectivity index (χ1v) is 5.28. The second-order valence-corrected chi connectivity index (χ2v) is 4.36. The van der Waals surface area contributed by atoms with E-state index in [4.69, 9.17) is 10.5 Å². The van der Waals surface area contributed by atoms with Crippen LogP contribution in [0.5, 0.6) is 5.75 Å². The summed E-state index contributed by atoms with van der Waals surface area (Å²) < 4.78 is 5.38. The molecule has 1 unspecified atom stereocenters. The minimum atomic E-state index is -0.262. The van der Waals surface area contributed by atoms with Crippen LogP contribution in [0.3, 0.4) is 0 Å². The molecule has 1 aromatic carbocycles. The van der Waals surface area contributed by atoms with Gasteiger partial charge in [0.2, 0.25) is 0 Å². The fourth-order valence-corrected chi connectivity index (χ4v) is 2.01. The Kier molecular flexibility index (Phi) is 2.50. The van der Waals surface area contributed by atoms with Gasteiger partial charge in [-0.15, -0.1) is 0 Å². The molecule has 1 aromatic rings. The summed E-state index contributed by atoms with van der Waals surface area (Å²) in [5.74, 6) is 1.36. The van der Waals surface area contributed by atoms with Crippen LogP contribution >= 0.6 is 0 Å². The van der Waals surface area contributed by atoms with Crippen LogP contribution in [0.25, 0.3) is 0 Å². The van der Waals surface area contributed by atoms with Gasteiger partial charge in [-0.25, -0.2) is 0 Å². The highest BCUT2D eigenvalue weighted by molar-refractivity contribution is 5.81.